The van der Waals surface area contributed by atoms with Crippen LogP contribution in [0.1, 0.15) is 47.2 Å². The summed E-state index contributed by atoms with van der Waals surface area (Å²) in [5.74, 6) is -0.932. The molecule has 0 saturated carbocycles. The van der Waals surface area contributed by atoms with Gasteiger partial charge < -0.3 is 9.47 Å². The highest BCUT2D eigenvalue weighted by molar-refractivity contribution is 6.30. The summed E-state index contributed by atoms with van der Waals surface area (Å²) in [6, 6.07) is 10.5. The maximum absolute atomic E-state index is 12.7. The molecule has 1 aromatic heterocycles. The van der Waals surface area contributed by atoms with Gasteiger partial charge in [-0.05, 0) is 57.5 Å². The summed E-state index contributed by atoms with van der Waals surface area (Å²) in [4.78, 5) is 33.2. The molecule has 30 heavy (non-hydrogen) atoms. The van der Waals surface area contributed by atoms with E-state index >= 15 is 0 Å². The van der Waals surface area contributed by atoms with Crippen molar-refractivity contribution in [1.82, 2.24) is 9.97 Å². The molecule has 0 aliphatic heterocycles. The number of esters is 2. The van der Waals surface area contributed by atoms with Crippen molar-refractivity contribution in [3.05, 3.63) is 76.8 Å². The summed E-state index contributed by atoms with van der Waals surface area (Å²) < 4.78 is 11.2. The third kappa shape index (κ3) is 5.02. The number of benzene rings is 2. The smallest absolute Gasteiger partial charge is 0.363 e. The molecule has 0 radical (unpaired) electrons. The molecule has 0 bridgehead atoms. The average molecular weight is 425 g/mol. The Bertz CT molecular complexity index is 1070. The van der Waals surface area contributed by atoms with Gasteiger partial charge in [0.15, 0.2) is 5.69 Å². The number of hydrogen-bond acceptors (Lipinski definition) is 6. The van der Waals surface area contributed by atoms with E-state index in [0.717, 1.165) is 5.56 Å². The largest absolute Gasteiger partial charge is 0.456 e. The van der Waals surface area contributed by atoms with Crippen molar-refractivity contribution in [2.75, 3.05) is 0 Å². The zero-order chi connectivity index (χ0) is 21.9. The van der Waals surface area contributed by atoms with E-state index < -0.39 is 17.5 Å². The van der Waals surface area contributed by atoms with Crippen molar-refractivity contribution in [3.63, 3.8) is 0 Å². The number of ether oxygens (including phenoxy) is 2. The number of rotatable bonds is 4. The number of carbonyl (C=O) groups excluding carboxylic acids is 2. The van der Waals surface area contributed by atoms with Crippen molar-refractivity contribution in [2.24, 2.45) is 0 Å². The highest BCUT2D eigenvalue weighted by Gasteiger charge is 2.24. The third-order valence-corrected chi connectivity index (χ3v) is 4.40. The van der Waals surface area contributed by atoms with E-state index in [1.807, 2.05) is 12.1 Å². The minimum absolute atomic E-state index is 0.0571. The molecule has 154 valence electrons. The average Bonchev–Trinajstić information content (AvgIpc) is 2.69. The van der Waals surface area contributed by atoms with Crippen LogP contribution in [-0.2, 0) is 4.74 Å². The predicted molar refractivity (Wildman–Crippen MR) is 114 cm³/mol. The van der Waals surface area contributed by atoms with Crippen LogP contribution in [0.4, 0.5) is 0 Å². The van der Waals surface area contributed by atoms with Crippen molar-refractivity contribution < 1.29 is 19.1 Å². The van der Waals surface area contributed by atoms with Crippen LogP contribution >= 0.6 is 11.6 Å². The Kier molecular flexibility index (Phi) is 6.17. The zero-order valence-corrected chi connectivity index (χ0v) is 17.9. The molecule has 0 atom stereocenters. The fourth-order valence-corrected chi connectivity index (χ4v) is 2.91. The van der Waals surface area contributed by atoms with E-state index in [4.69, 9.17) is 21.1 Å². The molecule has 1 heterocycles. The maximum atomic E-state index is 12.7. The highest BCUT2D eigenvalue weighted by Crippen LogP contribution is 2.36. The van der Waals surface area contributed by atoms with Crippen molar-refractivity contribution in [3.8, 4) is 16.9 Å². The summed E-state index contributed by atoms with van der Waals surface area (Å²) in [5, 5.41) is 0.582. The Balaban J connectivity index is 2.08. The van der Waals surface area contributed by atoms with Crippen molar-refractivity contribution in [1.29, 1.82) is 0 Å². The molecule has 2 aromatic carbocycles. The second kappa shape index (κ2) is 8.63. The fourth-order valence-electron chi connectivity index (χ4n) is 2.78. The van der Waals surface area contributed by atoms with E-state index in [-0.39, 0.29) is 11.4 Å². The molecule has 6 nitrogen and oxygen atoms in total. The number of halogens is 1. The molecule has 0 N–H and O–H groups in total. The van der Waals surface area contributed by atoms with Gasteiger partial charge in [0, 0.05) is 28.5 Å². The van der Waals surface area contributed by atoms with Crippen LogP contribution in [0.5, 0.6) is 5.75 Å². The molecule has 0 amide bonds. The van der Waals surface area contributed by atoms with Gasteiger partial charge in [0.25, 0.3) is 0 Å². The molecular weight excluding hydrogens is 404 g/mol. The maximum Gasteiger partial charge on any atom is 0.363 e. The van der Waals surface area contributed by atoms with Gasteiger partial charge in [-0.1, -0.05) is 23.7 Å². The topological polar surface area (TPSA) is 78.4 Å². The summed E-state index contributed by atoms with van der Waals surface area (Å²) in [7, 11) is 0. The van der Waals surface area contributed by atoms with Crippen LogP contribution in [0.15, 0.2) is 55.0 Å². The Morgan fingerprint density at radius 2 is 1.67 bits per heavy atom. The van der Waals surface area contributed by atoms with Gasteiger partial charge in [0.05, 0.1) is 11.8 Å². The van der Waals surface area contributed by atoms with Crippen LogP contribution in [0.25, 0.3) is 11.1 Å². The third-order valence-electron chi connectivity index (χ3n) is 4.15. The molecule has 0 fully saturated rings. The van der Waals surface area contributed by atoms with Gasteiger partial charge >= 0.3 is 11.9 Å². The molecule has 0 aliphatic carbocycles. The van der Waals surface area contributed by atoms with Gasteiger partial charge in [-0.25, -0.2) is 14.6 Å². The quantitative estimate of drug-likeness (QED) is 0.418. The molecule has 0 unspecified atom stereocenters. The summed E-state index contributed by atoms with van der Waals surface area (Å²) >= 11 is 6.00. The minimum atomic E-state index is -0.678. The van der Waals surface area contributed by atoms with E-state index in [0.29, 0.717) is 21.7 Å². The molecule has 3 aromatic rings. The lowest BCUT2D eigenvalue weighted by molar-refractivity contribution is 0.00678. The predicted octanol–water partition coefficient (Wildman–Crippen LogP) is 5.28. The number of carbonyl (C=O) groups is 2. The molecule has 3 rings (SSSR count). The van der Waals surface area contributed by atoms with Gasteiger partial charge in [-0.15, -0.1) is 0 Å². The lowest BCUT2D eigenvalue weighted by Crippen LogP contribution is -2.24. The summed E-state index contributed by atoms with van der Waals surface area (Å²) in [6.07, 6.45) is 4.18. The Labute approximate surface area is 179 Å². The first-order chi connectivity index (χ1) is 14.2. The first-order valence-corrected chi connectivity index (χ1v) is 9.64. The Morgan fingerprint density at radius 1 is 0.967 bits per heavy atom. The first kappa shape index (κ1) is 21.5. The van der Waals surface area contributed by atoms with E-state index in [2.05, 4.69) is 9.97 Å². The molecule has 7 heteroatoms. The van der Waals surface area contributed by atoms with Crippen LogP contribution in [0.2, 0.25) is 5.02 Å². The van der Waals surface area contributed by atoms with Gasteiger partial charge in [0.1, 0.15) is 11.4 Å². The van der Waals surface area contributed by atoms with Crippen molar-refractivity contribution >= 4 is 23.5 Å². The first-order valence-electron chi connectivity index (χ1n) is 9.27. The van der Waals surface area contributed by atoms with E-state index in [9.17, 15) is 9.59 Å². The van der Waals surface area contributed by atoms with Gasteiger partial charge in [-0.3, -0.25) is 4.98 Å². The molecule has 0 aliphatic rings. The van der Waals surface area contributed by atoms with Crippen LogP contribution in [-0.4, -0.2) is 27.5 Å². The second-order valence-electron chi connectivity index (χ2n) is 7.60. The van der Waals surface area contributed by atoms with Gasteiger partial charge in [0.2, 0.25) is 0 Å². The highest BCUT2D eigenvalue weighted by atomic mass is 35.5. The van der Waals surface area contributed by atoms with Crippen LogP contribution in [0.3, 0.4) is 0 Å². The normalized spacial score (nSPS) is 11.1. The lowest BCUT2D eigenvalue weighted by atomic mass is 9.98. The SMILES string of the molecule is Cc1c(C(=O)OC(C)(C)C)ccc(-c2ccc(Cl)cc2)c1OC(=O)c1cnccn1. The standard InChI is InChI=1S/C23H21ClN2O4/c1-14-17(21(27)30-23(2,3)4)9-10-18(15-5-7-16(24)8-6-15)20(14)29-22(28)19-13-25-11-12-26-19/h5-13H,1-4H3. The Morgan fingerprint density at radius 3 is 2.27 bits per heavy atom. The van der Waals surface area contributed by atoms with E-state index in [1.165, 1.54) is 18.6 Å². The minimum Gasteiger partial charge on any atom is -0.456 e. The fraction of sp³-hybridized carbons (Fsp3) is 0.217. The summed E-state index contributed by atoms with van der Waals surface area (Å²) in [5.41, 5.74) is 1.60. The van der Waals surface area contributed by atoms with Crippen LogP contribution < -0.4 is 4.74 Å². The van der Waals surface area contributed by atoms with Crippen LogP contribution in [0, 0.1) is 6.92 Å². The molecular formula is C23H21ClN2O4. The monoisotopic (exact) mass is 424 g/mol. The lowest BCUT2D eigenvalue weighted by Gasteiger charge is -2.21. The Hall–Kier alpha value is -3.25. The van der Waals surface area contributed by atoms with Gasteiger partial charge in [-0.2, -0.15) is 0 Å². The summed E-state index contributed by atoms with van der Waals surface area (Å²) in [6.45, 7) is 7.07. The zero-order valence-electron chi connectivity index (χ0n) is 17.1. The molecule has 0 saturated heterocycles. The number of aromatic nitrogens is 2. The molecule has 0 spiro atoms. The van der Waals surface area contributed by atoms with Crippen molar-refractivity contribution in [2.45, 2.75) is 33.3 Å². The number of nitrogens with zero attached hydrogens (tertiary/aromatic N) is 2. The van der Waals surface area contributed by atoms with E-state index in [1.54, 1.807) is 52.0 Å². The second-order valence-corrected chi connectivity index (χ2v) is 8.04. The number of hydrogen-bond donors (Lipinski definition) is 0.